The van der Waals surface area contributed by atoms with E-state index in [0.29, 0.717) is 18.2 Å². The molecule has 26 heavy (non-hydrogen) atoms. The Morgan fingerprint density at radius 2 is 1.46 bits per heavy atom. The number of amides is 2. The Morgan fingerprint density at radius 3 is 1.96 bits per heavy atom. The summed E-state index contributed by atoms with van der Waals surface area (Å²) in [6.45, 7) is 7.01. The van der Waals surface area contributed by atoms with Crippen LogP contribution in [0.4, 0.5) is 11.4 Å². The molecule has 3 N–H and O–H groups in total. The predicted octanol–water partition coefficient (Wildman–Crippen LogP) is 2.42. The van der Waals surface area contributed by atoms with E-state index in [1.807, 2.05) is 7.05 Å². The van der Waals surface area contributed by atoms with Crippen molar-refractivity contribution < 1.29 is 14.5 Å². The van der Waals surface area contributed by atoms with Crippen LogP contribution in [0, 0.1) is 0 Å². The van der Waals surface area contributed by atoms with Gasteiger partial charge in [0.25, 0.3) is 5.91 Å². The molecule has 138 valence electrons. The molecule has 5 nitrogen and oxygen atoms in total. The van der Waals surface area contributed by atoms with E-state index in [1.54, 1.807) is 24.3 Å². The number of hydrogen-bond acceptors (Lipinski definition) is 2. The number of quaternary nitrogens is 1. The highest BCUT2D eigenvalue weighted by atomic mass is 16.2. The van der Waals surface area contributed by atoms with Crippen molar-refractivity contribution in [2.24, 2.45) is 0 Å². The normalized spacial score (nSPS) is 11.9. The molecular weight excluding hydrogens is 326 g/mol. The number of anilines is 2. The minimum Gasteiger partial charge on any atom is -0.326 e. The summed E-state index contributed by atoms with van der Waals surface area (Å²) >= 11 is 0. The second-order valence-electron chi connectivity index (χ2n) is 7.01. The standard InChI is InChI=1S/C21H27N3O2/c1-15(2)18-7-5-17(6-8-18)13-24(4)14-21(26)23-20-11-9-19(10-12-20)22-16(3)25/h5-12,15H,13-14H2,1-4H3,(H,22,25)(H,23,26)/p+1. The summed E-state index contributed by atoms with van der Waals surface area (Å²) in [7, 11) is 2.01. The first-order chi connectivity index (χ1) is 12.3. The SMILES string of the molecule is CC(=O)Nc1ccc(NC(=O)C[NH+](C)Cc2ccc(C(C)C)cc2)cc1. The largest absolute Gasteiger partial charge is 0.326 e. The van der Waals surface area contributed by atoms with Crippen molar-refractivity contribution >= 4 is 23.2 Å². The first kappa shape index (κ1) is 19.7. The zero-order chi connectivity index (χ0) is 19.1. The molecule has 0 heterocycles. The molecule has 2 amide bonds. The van der Waals surface area contributed by atoms with Crippen molar-refractivity contribution in [1.29, 1.82) is 0 Å². The molecule has 1 atom stereocenters. The maximum Gasteiger partial charge on any atom is 0.279 e. The number of rotatable bonds is 7. The van der Waals surface area contributed by atoms with Gasteiger partial charge < -0.3 is 15.5 Å². The molecule has 0 saturated carbocycles. The third-order valence-corrected chi connectivity index (χ3v) is 4.10. The molecule has 2 aromatic rings. The highest BCUT2D eigenvalue weighted by Crippen LogP contribution is 2.14. The average molecular weight is 354 g/mol. The molecule has 0 bridgehead atoms. The minimum absolute atomic E-state index is 0.0337. The third-order valence-electron chi connectivity index (χ3n) is 4.10. The van der Waals surface area contributed by atoms with Crippen molar-refractivity contribution in [2.45, 2.75) is 33.2 Å². The monoisotopic (exact) mass is 354 g/mol. The van der Waals surface area contributed by atoms with Crippen LogP contribution in [0.3, 0.4) is 0 Å². The Labute approximate surface area is 155 Å². The first-order valence-electron chi connectivity index (χ1n) is 8.91. The van der Waals surface area contributed by atoms with Crippen LogP contribution in [0.15, 0.2) is 48.5 Å². The van der Waals surface area contributed by atoms with E-state index in [9.17, 15) is 9.59 Å². The summed E-state index contributed by atoms with van der Waals surface area (Å²) < 4.78 is 0. The molecule has 0 fully saturated rings. The average Bonchev–Trinajstić information content (AvgIpc) is 2.56. The summed E-state index contributed by atoms with van der Waals surface area (Å²) in [5.74, 6) is 0.374. The molecular formula is C21H28N3O2+. The van der Waals surface area contributed by atoms with Gasteiger partial charge in [0, 0.05) is 23.9 Å². The maximum atomic E-state index is 12.2. The number of benzene rings is 2. The van der Waals surface area contributed by atoms with E-state index in [-0.39, 0.29) is 11.8 Å². The van der Waals surface area contributed by atoms with Gasteiger partial charge in [-0.25, -0.2) is 0 Å². The summed E-state index contributed by atoms with van der Waals surface area (Å²) in [5.41, 5.74) is 3.98. The van der Waals surface area contributed by atoms with E-state index < -0.39 is 0 Å². The quantitative estimate of drug-likeness (QED) is 0.715. The Bertz CT molecular complexity index is 737. The Morgan fingerprint density at radius 1 is 0.923 bits per heavy atom. The molecule has 0 spiro atoms. The van der Waals surface area contributed by atoms with Gasteiger partial charge in [-0.05, 0) is 35.7 Å². The topological polar surface area (TPSA) is 62.6 Å². The smallest absolute Gasteiger partial charge is 0.279 e. The van der Waals surface area contributed by atoms with Gasteiger partial charge in [-0.3, -0.25) is 9.59 Å². The molecule has 5 heteroatoms. The maximum absolute atomic E-state index is 12.2. The van der Waals surface area contributed by atoms with Gasteiger partial charge in [-0.15, -0.1) is 0 Å². The number of carbonyl (C=O) groups is 2. The second kappa shape index (κ2) is 9.15. The molecule has 2 aromatic carbocycles. The van der Waals surface area contributed by atoms with Gasteiger partial charge in [-0.1, -0.05) is 38.1 Å². The van der Waals surface area contributed by atoms with Gasteiger partial charge >= 0.3 is 0 Å². The number of carbonyl (C=O) groups excluding carboxylic acids is 2. The van der Waals surface area contributed by atoms with Gasteiger partial charge in [0.05, 0.1) is 7.05 Å². The molecule has 0 aliphatic rings. The molecule has 0 aromatic heterocycles. The van der Waals surface area contributed by atoms with Crippen LogP contribution >= 0.6 is 0 Å². The lowest BCUT2D eigenvalue weighted by Crippen LogP contribution is -3.08. The first-order valence-corrected chi connectivity index (χ1v) is 8.91. The third kappa shape index (κ3) is 6.33. The Kier molecular flexibility index (Phi) is 6.92. The number of likely N-dealkylation sites (N-methyl/N-ethyl adjacent to an activating group) is 1. The molecule has 0 saturated heterocycles. The fourth-order valence-electron chi connectivity index (χ4n) is 2.75. The van der Waals surface area contributed by atoms with Gasteiger partial charge in [0.15, 0.2) is 6.54 Å². The lowest BCUT2D eigenvalue weighted by atomic mass is 10.0. The predicted molar refractivity (Wildman–Crippen MR) is 105 cm³/mol. The minimum atomic E-state index is -0.117. The van der Waals surface area contributed by atoms with Crippen LogP contribution < -0.4 is 15.5 Å². The second-order valence-corrected chi connectivity index (χ2v) is 7.01. The van der Waals surface area contributed by atoms with E-state index >= 15 is 0 Å². The summed E-state index contributed by atoms with van der Waals surface area (Å²) in [5, 5.41) is 5.59. The van der Waals surface area contributed by atoms with Gasteiger partial charge in [0.2, 0.25) is 5.91 Å². The molecule has 0 radical (unpaired) electrons. The zero-order valence-corrected chi connectivity index (χ0v) is 15.9. The highest BCUT2D eigenvalue weighted by Gasteiger charge is 2.11. The fraction of sp³-hybridized carbons (Fsp3) is 0.333. The zero-order valence-electron chi connectivity index (χ0n) is 15.9. The van der Waals surface area contributed by atoms with Crippen LogP contribution in [0.1, 0.15) is 37.8 Å². The van der Waals surface area contributed by atoms with Crippen LogP contribution in [0.25, 0.3) is 0 Å². The van der Waals surface area contributed by atoms with Crippen molar-refractivity contribution in [3.63, 3.8) is 0 Å². The molecule has 0 aliphatic heterocycles. The van der Waals surface area contributed by atoms with E-state index in [1.165, 1.54) is 18.1 Å². The summed E-state index contributed by atoms with van der Waals surface area (Å²) in [4.78, 5) is 24.4. The summed E-state index contributed by atoms with van der Waals surface area (Å²) in [6.07, 6.45) is 0. The van der Waals surface area contributed by atoms with Crippen LogP contribution in [-0.4, -0.2) is 25.4 Å². The molecule has 2 rings (SSSR count). The number of nitrogens with one attached hydrogen (secondary N) is 3. The highest BCUT2D eigenvalue weighted by molar-refractivity contribution is 5.92. The number of hydrogen-bond donors (Lipinski definition) is 3. The van der Waals surface area contributed by atoms with Gasteiger partial charge in [-0.2, -0.15) is 0 Å². The fourth-order valence-corrected chi connectivity index (χ4v) is 2.75. The van der Waals surface area contributed by atoms with Crippen molar-refractivity contribution in [3.05, 3.63) is 59.7 Å². The Hall–Kier alpha value is -2.66. The van der Waals surface area contributed by atoms with Crippen LogP contribution in [-0.2, 0) is 16.1 Å². The van der Waals surface area contributed by atoms with E-state index in [0.717, 1.165) is 17.1 Å². The molecule has 0 aliphatic carbocycles. The summed E-state index contributed by atoms with van der Waals surface area (Å²) in [6, 6.07) is 15.7. The molecule has 1 unspecified atom stereocenters. The lowest BCUT2D eigenvalue weighted by Gasteiger charge is -2.15. The van der Waals surface area contributed by atoms with Crippen LogP contribution in [0.5, 0.6) is 0 Å². The van der Waals surface area contributed by atoms with Crippen molar-refractivity contribution in [3.8, 4) is 0 Å². The van der Waals surface area contributed by atoms with Gasteiger partial charge in [0.1, 0.15) is 6.54 Å². The lowest BCUT2D eigenvalue weighted by molar-refractivity contribution is -0.885. The Balaban J connectivity index is 1.83. The van der Waals surface area contributed by atoms with Crippen molar-refractivity contribution in [1.82, 2.24) is 0 Å². The van der Waals surface area contributed by atoms with E-state index in [4.69, 9.17) is 0 Å². The van der Waals surface area contributed by atoms with Crippen LogP contribution in [0.2, 0.25) is 0 Å². The van der Waals surface area contributed by atoms with Crippen molar-refractivity contribution in [2.75, 3.05) is 24.2 Å². The van der Waals surface area contributed by atoms with E-state index in [2.05, 4.69) is 48.7 Å².